The fourth-order valence-electron chi connectivity index (χ4n) is 2.82. The maximum absolute atomic E-state index is 13.2. The van der Waals surface area contributed by atoms with Crippen molar-refractivity contribution in [2.24, 2.45) is 0 Å². The van der Waals surface area contributed by atoms with Crippen LogP contribution < -0.4 is 0 Å². The Balaban J connectivity index is 2.14. The van der Waals surface area contributed by atoms with E-state index in [1.165, 1.54) is 4.90 Å². The second-order valence-corrected chi connectivity index (χ2v) is 8.60. The molecule has 1 aromatic rings. The predicted molar refractivity (Wildman–Crippen MR) is 100 cm³/mol. The molecule has 4 nitrogen and oxygen atoms in total. The van der Waals surface area contributed by atoms with Crippen LogP contribution in [0.25, 0.3) is 0 Å². The Labute approximate surface area is 161 Å². The standard InChI is InChI=1S/C18H24BrClFNO3/c1-11-5-12(20)6-16(19)15(11)7-13-9-22(10-14(8-21)24-13)17(23)25-18(2,3)4/h5-6,13-14H,7-10H2,1-4H3. The first kappa shape index (κ1) is 20.5. The van der Waals surface area contributed by atoms with Gasteiger partial charge in [-0.2, -0.15) is 0 Å². The van der Waals surface area contributed by atoms with E-state index in [-0.39, 0.29) is 12.6 Å². The van der Waals surface area contributed by atoms with Crippen molar-refractivity contribution in [2.75, 3.05) is 19.8 Å². The fraction of sp³-hybridized carbons (Fsp3) is 0.611. The predicted octanol–water partition coefficient (Wildman–Crippen LogP) is 4.93. The summed E-state index contributed by atoms with van der Waals surface area (Å²) in [6.07, 6.45) is -0.832. The third kappa shape index (κ3) is 5.83. The van der Waals surface area contributed by atoms with Gasteiger partial charge in [0.1, 0.15) is 18.4 Å². The molecule has 0 saturated carbocycles. The van der Waals surface area contributed by atoms with Gasteiger partial charge in [-0.05, 0) is 51.0 Å². The molecular formula is C18H24BrClFNO3. The summed E-state index contributed by atoms with van der Waals surface area (Å²) in [5, 5.41) is 0.648. The third-order valence-electron chi connectivity index (χ3n) is 3.87. The molecule has 0 spiro atoms. The zero-order chi connectivity index (χ0) is 18.8. The number of aryl methyl sites for hydroxylation is 1. The van der Waals surface area contributed by atoms with Crippen LogP contribution in [0.1, 0.15) is 31.9 Å². The second kappa shape index (κ2) is 8.23. The lowest BCUT2D eigenvalue weighted by atomic mass is 10.0. The van der Waals surface area contributed by atoms with E-state index in [9.17, 15) is 9.18 Å². The van der Waals surface area contributed by atoms with Crippen molar-refractivity contribution >= 4 is 33.6 Å². The number of nitrogens with zero attached hydrogens (tertiary/aromatic N) is 1. The van der Waals surface area contributed by atoms with E-state index in [1.54, 1.807) is 0 Å². The van der Waals surface area contributed by atoms with E-state index < -0.39 is 24.5 Å². The molecule has 1 fully saturated rings. The van der Waals surface area contributed by atoms with Crippen molar-refractivity contribution in [1.29, 1.82) is 0 Å². The van der Waals surface area contributed by atoms with Crippen LogP contribution in [0.15, 0.2) is 16.6 Å². The summed E-state index contributed by atoms with van der Waals surface area (Å²) in [6.45, 7) is 7.31. The molecule has 0 N–H and O–H groups in total. The Morgan fingerprint density at radius 3 is 2.60 bits per heavy atom. The van der Waals surface area contributed by atoms with Gasteiger partial charge in [-0.15, -0.1) is 0 Å². The van der Waals surface area contributed by atoms with E-state index in [2.05, 4.69) is 15.9 Å². The molecule has 1 aliphatic rings. The smallest absolute Gasteiger partial charge is 0.410 e. The van der Waals surface area contributed by atoms with E-state index in [4.69, 9.17) is 21.1 Å². The molecule has 1 aromatic carbocycles. The largest absolute Gasteiger partial charge is 0.444 e. The van der Waals surface area contributed by atoms with E-state index >= 15 is 0 Å². The van der Waals surface area contributed by atoms with Crippen molar-refractivity contribution < 1.29 is 18.7 Å². The summed E-state index contributed by atoms with van der Waals surface area (Å²) in [6, 6.07) is 3.70. The Kier molecular flexibility index (Phi) is 6.74. The van der Waals surface area contributed by atoms with Crippen molar-refractivity contribution in [3.05, 3.63) is 32.8 Å². The number of carbonyl (C=O) groups excluding carboxylic acids is 1. The number of ether oxygens (including phenoxy) is 2. The summed E-state index contributed by atoms with van der Waals surface area (Å²) in [7, 11) is 0. The molecule has 2 atom stereocenters. The van der Waals surface area contributed by atoms with Crippen LogP contribution in [0.2, 0.25) is 5.02 Å². The Morgan fingerprint density at radius 1 is 1.40 bits per heavy atom. The van der Waals surface area contributed by atoms with Gasteiger partial charge in [0, 0.05) is 15.9 Å². The van der Waals surface area contributed by atoms with Gasteiger partial charge < -0.3 is 14.4 Å². The first-order valence-electron chi connectivity index (χ1n) is 8.23. The zero-order valence-electron chi connectivity index (χ0n) is 14.9. The van der Waals surface area contributed by atoms with Crippen LogP contribution >= 0.6 is 27.5 Å². The van der Waals surface area contributed by atoms with Crippen molar-refractivity contribution in [1.82, 2.24) is 4.90 Å². The van der Waals surface area contributed by atoms with E-state index in [0.29, 0.717) is 18.0 Å². The molecule has 0 aromatic heterocycles. The van der Waals surface area contributed by atoms with Crippen LogP contribution in [0.3, 0.4) is 0 Å². The number of halogens is 3. The Bertz CT molecular complexity index is 612. The topological polar surface area (TPSA) is 38.8 Å². The number of rotatable bonds is 3. The number of morpholine rings is 1. The molecular weight excluding hydrogens is 413 g/mol. The highest BCUT2D eigenvalue weighted by Gasteiger charge is 2.33. The molecule has 7 heteroatoms. The minimum atomic E-state index is -0.642. The van der Waals surface area contributed by atoms with Crippen molar-refractivity contribution in [3.8, 4) is 0 Å². The number of hydrogen-bond donors (Lipinski definition) is 0. The lowest BCUT2D eigenvalue weighted by Crippen LogP contribution is -2.52. The van der Waals surface area contributed by atoms with Gasteiger partial charge in [-0.3, -0.25) is 0 Å². The molecule has 1 saturated heterocycles. The number of carbonyl (C=O) groups is 1. The average Bonchev–Trinajstić information content (AvgIpc) is 2.48. The van der Waals surface area contributed by atoms with Crippen LogP contribution in [-0.2, 0) is 15.9 Å². The summed E-state index contributed by atoms with van der Waals surface area (Å²) in [5.41, 5.74) is 1.47. The molecule has 140 valence electrons. The van der Waals surface area contributed by atoms with Gasteiger partial charge in [-0.25, -0.2) is 9.18 Å². The number of benzene rings is 1. The van der Waals surface area contributed by atoms with Gasteiger partial charge in [0.25, 0.3) is 0 Å². The number of alkyl halides is 1. The molecule has 0 aliphatic carbocycles. The third-order valence-corrected chi connectivity index (χ3v) is 4.80. The monoisotopic (exact) mass is 435 g/mol. The highest BCUT2D eigenvalue weighted by atomic mass is 79.9. The normalized spacial score (nSPS) is 21.3. The van der Waals surface area contributed by atoms with Crippen molar-refractivity contribution in [3.63, 3.8) is 0 Å². The Morgan fingerprint density at radius 2 is 2.04 bits per heavy atom. The highest BCUT2D eigenvalue weighted by Crippen LogP contribution is 2.28. The molecule has 1 aliphatic heterocycles. The average molecular weight is 437 g/mol. The van der Waals surface area contributed by atoms with Gasteiger partial charge in [-0.1, -0.05) is 27.5 Å². The van der Waals surface area contributed by atoms with Gasteiger partial charge >= 0.3 is 6.09 Å². The Hall–Kier alpha value is -0.850. The lowest BCUT2D eigenvalue weighted by Gasteiger charge is -2.38. The summed E-state index contributed by atoms with van der Waals surface area (Å²) < 4.78 is 25.4. The molecule has 2 rings (SSSR count). The van der Waals surface area contributed by atoms with Gasteiger partial charge in [0.05, 0.1) is 19.2 Å². The second-order valence-electron chi connectivity index (χ2n) is 7.31. The maximum Gasteiger partial charge on any atom is 0.410 e. The van der Waals surface area contributed by atoms with Crippen LogP contribution in [0.5, 0.6) is 0 Å². The van der Waals surface area contributed by atoms with Gasteiger partial charge in [0.15, 0.2) is 0 Å². The van der Waals surface area contributed by atoms with E-state index in [0.717, 1.165) is 15.6 Å². The number of hydrogen-bond acceptors (Lipinski definition) is 3. The van der Waals surface area contributed by atoms with Crippen LogP contribution in [-0.4, -0.2) is 48.6 Å². The van der Waals surface area contributed by atoms with Crippen molar-refractivity contribution in [2.45, 2.75) is 51.9 Å². The molecule has 1 heterocycles. The first-order chi connectivity index (χ1) is 11.6. The molecule has 0 bridgehead atoms. The van der Waals surface area contributed by atoms with Gasteiger partial charge in [0.2, 0.25) is 0 Å². The minimum Gasteiger partial charge on any atom is -0.444 e. The minimum absolute atomic E-state index is 0.197. The molecule has 25 heavy (non-hydrogen) atoms. The molecule has 1 amide bonds. The summed E-state index contributed by atoms with van der Waals surface area (Å²) >= 11 is 9.58. The maximum atomic E-state index is 13.2. The first-order valence-corrected chi connectivity index (χ1v) is 9.40. The molecule has 2 unspecified atom stereocenters. The lowest BCUT2D eigenvalue weighted by molar-refractivity contribution is -0.0927. The molecule has 0 radical (unpaired) electrons. The summed E-state index contributed by atoms with van der Waals surface area (Å²) in [4.78, 5) is 13.9. The highest BCUT2D eigenvalue weighted by molar-refractivity contribution is 9.10. The van der Waals surface area contributed by atoms with E-state index in [1.807, 2.05) is 39.8 Å². The fourth-order valence-corrected chi connectivity index (χ4v) is 3.94. The van der Waals surface area contributed by atoms with Crippen LogP contribution in [0.4, 0.5) is 9.18 Å². The SMILES string of the molecule is Cc1cc(Cl)cc(Br)c1CC1CN(C(=O)OC(C)(C)C)CC(CF)O1. The van der Waals surface area contributed by atoms with Crippen LogP contribution in [0, 0.1) is 6.92 Å². The number of amides is 1. The summed E-state index contributed by atoms with van der Waals surface area (Å²) in [5.74, 6) is 0. The zero-order valence-corrected chi connectivity index (χ0v) is 17.3. The quantitative estimate of drug-likeness (QED) is 0.674.